The fourth-order valence-corrected chi connectivity index (χ4v) is 3.81. The predicted octanol–water partition coefficient (Wildman–Crippen LogP) is 4.66. The van der Waals surface area contributed by atoms with Crippen molar-refractivity contribution in [2.75, 3.05) is 31.4 Å². The highest BCUT2D eigenvalue weighted by Gasteiger charge is 2.19. The monoisotopic (exact) mass is 424 g/mol. The predicted molar refractivity (Wildman–Crippen MR) is 129 cm³/mol. The number of methoxy groups -OCH3 is 1. The summed E-state index contributed by atoms with van der Waals surface area (Å²) >= 11 is 0. The van der Waals surface area contributed by atoms with Gasteiger partial charge in [-0.15, -0.1) is 0 Å². The van der Waals surface area contributed by atoms with Gasteiger partial charge < -0.3 is 15.0 Å². The Morgan fingerprint density at radius 2 is 1.66 bits per heavy atom. The number of nitrogens with zero attached hydrogens (tertiary/aromatic N) is 5. The van der Waals surface area contributed by atoms with Gasteiger partial charge in [-0.05, 0) is 29.8 Å². The van der Waals surface area contributed by atoms with Crippen LogP contribution in [0.2, 0.25) is 0 Å². The molecule has 0 saturated carbocycles. The van der Waals surface area contributed by atoms with Crippen molar-refractivity contribution in [2.45, 2.75) is 6.54 Å². The summed E-state index contributed by atoms with van der Waals surface area (Å²) < 4.78 is 7.61. The minimum absolute atomic E-state index is 0.537. The average Bonchev–Trinajstić information content (AvgIpc) is 3.23. The van der Waals surface area contributed by atoms with Crippen molar-refractivity contribution in [1.29, 1.82) is 0 Å². The number of fused-ring (bicyclic) bond motifs is 2. The first-order valence-corrected chi connectivity index (χ1v) is 10.4. The van der Waals surface area contributed by atoms with Crippen LogP contribution in [0.4, 0.5) is 11.8 Å². The molecule has 1 N–H and O–H groups in total. The van der Waals surface area contributed by atoms with Crippen molar-refractivity contribution >= 4 is 33.7 Å². The van der Waals surface area contributed by atoms with Crippen molar-refractivity contribution in [2.24, 2.45) is 0 Å². The summed E-state index contributed by atoms with van der Waals surface area (Å²) in [6.45, 7) is 0.648. The Bertz CT molecular complexity index is 1390. The smallest absolute Gasteiger partial charge is 0.239 e. The van der Waals surface area contributed by atoms with Crippen LogP contribution in [0.5, 0.6) is 5.75 Å². The maximum atomic E-state index is 5.63. The topological polar surface area (TPSA) is 68.1 Å². The molecule has 5 rings (SSSR count). The summed E-state index contributed by atoms with van der Waals surface area (Å²) in [7, 11) is 5.59. The number of hydrogen-bond acceptors (Lipinski definition) is 6. The molecule has 2 heterocycles. The molecule has 0 aliphatic carbocycles. The maximum absolute atomic E-state index is 5.63. The van der Waals surface area contributed by atoms with E-state index in [1.54, 1.807) is 7.11 Å². The number of nitrogens with one attached hydrogen (secondary N) is 1. The number of anilines is 2. The normalized spacial score (nSPS) is 11.1. The van der Waals surface area contributed by atoms with Crippen LogP contribution in [0.3, 0.4) is 0 Å². The first-order valence-electron chi connectivity index (χ1n) is 10.4. The molecule has 0 aliphatic heterocycles. The van der Waals surface area contributed by atoms with Gasteiger partial charge in [-0.3, -0.25) is 0 Å². The van der Waals surface area contributed by atoms with Crippen LogP contribution in [0, 0.1) is 0 Å². The number of para-hydroxylation sites is 3. The molecule has 7 nitrogen and oxygen atoms in total. The van der Waals surface area contributed by atoms with Gasteiger partial charge in [-0.25, -0.2) is 14.5 Å². The van der Waals surface area contributed by atoms with Crippen molar-refractivity contribution in [3.05, 3.63) is 78.4 Å². The molecule has 0 bridgehead atoms. The minimum atomic E-state index is 0.537. The molecule has 5 aromatic rings. The third-order valence-electron chi connectivity index (χ3n) is 5.34. The molecule has 0 fully saturated rings. The second-order valence-corrected chi connectivity index (χ2v) is 7.70. The third-order valence-corrected chi connectivity index (χ3v) is 5.34. The van der Waals surface area contributed by atoms with Crippen LogP contribution < -0.4 is 15.0 Å². The quantitative estimate of drug-likeness (QED) is 0.428. The van der Waals surface area contributed by atoms with E-state index in [1.807, 2.05) is 84.2 Å². The molecule has 160 valence electrons. The Hall–Kier alpha value is -4.13. The van der Waals surface area contributed by atoms with E-state index in [1.165, 1.54) is 5.56 Å². The number of ether oxygens (including phenoxy) is 1. The van der Waals surface area contributed by atoms with E-state index in [9.17, 15) is 0 Å². The zero-order valence-corrected chi connectivity index (χ0v) is 18.3. The Labute approximate surface area is 186 Å². The van der Waals surface area contributed by atoms with Gasteiger partial charge in [-0.2, -0.15) is 4.98 Å². The van der Waals surface area contributed by atoms with Crippen LogP contribution in [-0.2, 0) is 6.54 Å². The van der Waals surface area contributed by atoms with E-state index < -0.39 is 0 Å². The lowest BCUT2D eigenvalue weighted by Crippen LogP contribution is -2.16. The Kier molecular flexibility index (Phi) is 5.07. The lowest BCUT2D eigenvalue weighted by Gasteiger charge is -2.17. The van der Waals surface area contributed by atoms with Gasteiger partial charge in [0.1, 0.15) is 17.1 Å². The summed E-state index contributed by atoms with van der Waals surface area (Å²) in [5.41, 5.74) is 3.75. The number of aromatic nitrogens is 4. The molecular weight excluding hydrogens is 400 g/mol. The summed E-state index contributed by atoms with van der Waals surface area (Å²) in [5, 5.41) is 4.40. The van der Waals surface area contributed by atoms with Gasteiger partial charge in [0.2, 0.25) is 11.9 Å². The molecule has 0 atom stereocenters. The molecule has 0 amide bonds. The second-order valence-electron chi connectivity index (χ2n) is 7.70. The van der Waals surface area contributed by atoms with Gasteiger partial charge in [0.25, 0.3) is 0 Å². The summed E-state index contributed by atoms with van der Waals surface area (Å²) in [4.78, 5) is 16.6. The number of rotatable bonds is 6. The summed E-state index contributed by atoms with van der Waals surface area (Å²) in [5.74, 6) is 2.74. The van der Waals surface area contributed by atoms with E-state index in [0.29, 0.717) is 18.2 Å². The zero-order valence-electron chi connectivity index (χ0n) is 18.3. The van der Waals surface area contributed by atoms with Crippen molar-refractivity contribution in [3.8, 4) is 11.7 Å². The van der Waals surface area contributed by atoms with Crippen LogP contribution in [0.25, 0.3) is 27.9 Å². The average molecular weight is 425 g/mol. The highest BCUT2D eigenvalue weighted by Crippen LogP contribution is 2.32. The molecule has 0 radical (unpaired) electrons. The fourth-order valence-electron chi connectivity index (χ4n) is 3.81. The highest BCUT2D eigenvalue weighted by atomic mass is 16.5. The molecule has 32 heavy (non-hydrogen) atoms. The molecular formula is C25H24N6O. The minimum Gasteiger partial charge on any atom is -0.494 e. The van der Waals surface area contributed by atoms with Gasteiger partial charge in [0.15, 0.2) is 0 Å². The van der Waals surface area contributed by atoms with E-state index in [4.69, 9.17) is 19.7 Å². The zero-order chi connectivity index (χ0) is 22.1. The first kappa shape index (κ1) is 19.8. The summed E-state index contributed by atoms with van der Waals surface area (Å²) in [6, 6.07) is 24.1. The van der Waals surface area contributed by atoms with Crippen molar-refractivity contribution in [1.82, 2.24) is 19.5 Å². The Morgan fingerprint density at radius 1 is 0.875 bits per heavy atom. The molecule has 7 heteroatoms. The molecule has 0 unspecified atom stereocenters. The lowest BCUT2D eigenvalue weighted by molar-refractivity contribution is 0.419. The molecule has 0 spiro atoms. The Morgan fingerprint density at radius 3 is 2.44 bits per heavy atom. The van der Waals surface area contributed by atoms with Gasteiger partial charge in [-0.1, -0.05) is 48.5 Å². The van der Waals surface area contributed by atoms with Crippen LogP contribution in [-0.4, -0.2) is 40.7 Å². The lowest BCUT2D eigenvalue weighted by atomic mass is 10.2. The van der Waals surface area contributed by atoms with Crippen LogP contribution in [0.15, 0.2) is 72.8 Å². The van der Waals surface area contributed by atoms with Crippen molar-refractivity contribution in [3.63, 3.8) is 0 Å². The van der Waals surface area contributed by atoms with Crippen LogP contribution >= 0.6 is 0 Å². The van der Waals surface area contributed by atoms with Crippen LogP contribution in [0.1, 0.15) is 5.56 Å². The Balaban J connectivity index is 1.72. The summed E-state index contributed by atoms with van der Waals surface area (Å²) in [6.07, 6.45) is 0. The van der Waals surface area contributed by atoms with E-state index in [2.05, 4.69) is 17.4 Å². The highest BCUT2D eigenvalue weighted by molar-refractivity contribution is 5.94. The molecule has 0 aliphatic rings. The van der Waals surface area contributed by atoms with Gasteiger partial charge in [0, 0.05) is 26.0 Å². The van der Waals surface area contributed by atoms with Gasteiger partial charge >= 0.3 is 0 Å². The fraction of sp³-hybridized carbons (Fsp3) is 0.160. The molecule has 3 aromatic carbocycles. The first-order chi connectivity index (χ1) is 15.7. The number of hydrogen-bond donors (Lipinski definition) is 1. The number of benzene rings is 3. The van der Waals surface area contributed by atoms with E-state index in [0.717, 1.165) is 33.7 Å². The molecule has 2 aromatic heterocycles. The SMILES string of the molecule is COc1cccc2c(NCc3ccccc3)nc(-n3c(N(C)C)nc4ccccc43)nc12. The second kappa shape index (κ2) is 8.19. The maximum Gasteiger partial charge on any atom is 0.239 e. The molecule has 0 saturated heterocycles. The standard InChI is InChI=1S/C25H24N6O/c1-30(2)25-27-19-13-7-8-14-20(19)31(25)24-28-22-18(12-9-15-21(22)32-3)23(29-24)26-16-17-10-5-4-6-11-17/h4-15H,16H2,1-3H3,(H,26,28,29). The van der Waals surface area contributed by atoms with Gasteiger partial charge in [0.05, 0.1) is 18.1 Å². The van der Waals surface area contributed by atoms with Crippen molar-refractivity contribution < 1.29 is 4.74 Å². The largest absolute Gasteiger partial charge is 0.494 e. The number of imidazole rings is 1. The third kappa shape index (κ3) is 3.47. The van der Waals surface area contributed by atoms with E-state index in [-0.39, 0.29) is 0 Å². The van der Waals surface area contributed by atoms with E-state index >= 15 is 0 Å².